The summed E-state index contributed by atoms with van der Waals surface area (Å²) < 4.78 is 6.71. The van der Waals surface area contributed by atoms with Crippen LogP contribution >= 0.6 is 0 Å². The van der Waals surface area contributed by atoms with Crippen LogP contribution in [0.4, 0.5) is 0 Å². The number of aryl methyl sites for hydroxylation is 1. The second kappa shape index (κ2) is 6.01. The van der Waals surface area contributed by atoms with Crippen LogP contribution in [-0.4, -0.2) is 30.6 Å². The number of fused-ring (bicyclic) bond motifs is 3. The van der Waals surface area contributed by atoms with Crippen LogP contribution in [0.3, 0.4) is 0 Å². The average molecular weight is 378 g/mol. The Morgan fingerprint density at radius 2 is 2.07 bits per heavy atom. The fraction of sp³-hybridized carbons (Fsp3) is 0.316. The van der Waals surface area contributed by atoms with Crippen molar-refractivity contribution in [3.8, 4) is 0 Å². The van der Waals surface area contributed by atoms with Crippen LogP contribution < -0.4 is 10.9 Å². The third kappa shape index (κ3) is 2.43. The first-order valence-corrected chi connectivity index (χ1v) is 9.19. The summed E-state index contributed by atoms with van der Waals surface area (Å²) >= 11 is 0. The van der Waals surface area contributed by atoms with E-state index in [1.165, 1.54) is 6.20 Å². The predicted octanol–water partition coefficient (Wildman–Crippen LogP) is 2.07. The number of carbonyl (C=O) groups excluding carboxylic acids is 1. The molecule has 142 valence electrons. The van der Waals surface area contributed by atoms with Crippen molar-refractivity contribution < 1.29 is 9.32 Å². The highest BCUT2D eigenvalue weighted by Gasteiger charge is 2.41. The molecule has 0 radical (unpaired) electrons. The fourth-order valence-corrected chi connectivity index (χ4v) is 4.00. The van der Waals surface area contributed by atoms with Gasteiger partial charge < -0.3 is 14.8 Å². The number of hydrogen-bond acceptors (Lipinski definition) is 6. The maximum absolute atomic E-state index is 13.1. The number of nitrogens with zero attached hydrogens (tertiary/aromatic N) is 4. The van der Waals surface area contributed by atoms with E-state index in [4.69, 9.17) is 4.52 Å². The molecule has 9 nitrogen and oxygen atoms in total. The first-order valence-electron chi connectivity index (χ1n) is 9.19. The number of hydrogen-bond donors (Lipinski definition) is 2. The average Bonchev–Trinajstić information content (AvgIpc) is 3.42. The molecule has 4 aromatic rings. The standard InChI is InChI=1S/C19H18N6O3/c1-11-21-18(24-28-11)19(8-4-5-9-19)23-17(27)13-10-20-25-14-7-3-2-6-12(14)16(26)22-15(13)25/h2-3,6-7,10H,4-5,8-9H2,1H3,(H,22,26)(H,23,27). The zero-order chi connectivity index (χ0) is 19.3. The normalized spacial score (nSPS) is 16.0. The molecular weight excluding hydrogens is 360 g/mol. The van der Waals surface area contributed by atoms with Crippen molar-refractivity contribution in [2.24, 2.45) is 0 Å². The Hall–Kier alpha value is -3.49. The molecule has 0 spiro atoms. The molecule has 1 aliphatic rings. The summed E-state index contributed by atoms with van der Waals surface area (Å²) in [6.07, 6.45) is 4.86. The molecule has 28 heavy (non-hydrogen) atoms. The van der Waals surface area contributed by atoms with Gasteiger partial charge in [-0.3, -0.25) is 9.59 Å². The summed E-state index contributed by atoms with van der Waals surface area (Å²) in [6, 6.07) is 7.14. The molecule has 0 unspecified atom stereocenters. The van der Waals surface area contributed by atoms with E-state index in [0.29, 0.717) is 33.8 Å². The first kappa shape index (κ1) is 16.7. The van der Waals surface area contributed by atoms with Crippen molar-refractivity contribution in [1.82, 2.24) is 30.1 Å². The molecule has 1 aromatic carbocycles. The third-order valence-corrected chi connectivity index (χ3v) is 5.39. The first-order chi connectivity index (χ1) is 13.6. The smallest absolute Gasteiger partial charge is 0.259 e. The van der Waals surface area contributed by atoms with Gasteiger partial charge in [0.2, 0.25) is 5.89 Å². The van der Waals surface area contributed by atoms with E-state index in [2.05, 4.69) is 25.5 Å². The Morgan fingerprint density at radius 1 is 1.29 bits per heavy atom. The molecule has 1 amide bonds. The molecular formula is C19H18N6O3. The minimum absolute atomic E-state index is 0.262. The lowest BCUT2D eigenvalue weighted by atomic mass is 9.96. The lowest BCUT2D eigenvalue weighted by Crippen LogP contribution is -2.44. The van der Waals surface area contributed by atoms with E-state index in [1.807, 2.05) is 6.07 Å². The molecule has 0 saturated heterocycles. The monoisotopic (exact) mass is 378 g/mol. The van der Waals surface area contributed by atoms with Gasteiger partial charge in [-0.25, -0.2) is 4.52 Å². The maximum atomic E-state index is 13.1. The van der Waals surface area contributed by atoms with Crippen molar-refractivity contribution >= 4 is 22.5 Å². The van der Waals surface area contributed by atoms with Crippen LogP contribution in [0.5, 0.6) is 0 Å². The van der Waals surface area contributed by atoms with Crippen molar-refractivity contribution in [2.75, 3.05) is 0 Å². The number of benzene rings is 1. The molecule has 3 aromatic heterocycles. The molecule has 5 rings (SSSR count). The van der Waals surface area contributed by atoms with Crippen molar-refractivity contribution in [1.29, 1.82) is 0 Å². The summed E-state index contributed by atoms with van der Waals surface area (Å²) in [5.74, 6) is 0.624. The molecule has 1 saturated carbocycles. The largest absolute Gasteiger partial charge is 0.340 e. The molecule has 2 N–H and O–H groups in total. The Bertz CT molecular complexity index is 1260. The van der Waals surface area contributed by atoms with Gasteiger partial charge in [0, 0.05) is 6.92 Å². The highest BCUT2D eigenvalue weighted by Crippen LogP contribution is 2.37. The van der Waals surface area contributed by atoms with Gasteiger partial charge in [0.15, 0.2) is 5.82 Å². The molecule has 0 bridgehead atoms. The Morgan fingerprint density at radius 3 is 2.82 bits per heavy atom. The quantitative estimate of drug-likeness (QED) is 0.563. The highest BCUT2D eigenvalue weighted by atomic mass is 16.5. The summed E-state index contributed by atoms with van der Waals surface area (Å²) in [6.45, 7) is 1.72. The summed E-state index contributed by atoms with van der Waals surface area (Å²) in [5, 5.41) is 12.0. The number of H-pyrrole nitrogens is 1. The van der Waals surface area contributed by atoms with Gasteiger partial charge in [-0.05, 0) is 25.0 Å². The molecule has 0 atom stereocenters. The predicted molar refractivity (Wildman–Crippen MR) is 100.0 cm³/mol. The topological polar surface area (TPSA) is 118 Å². The van der Waals surface area contributed by atoms with Crippen molar-refractivity contribution in [3.05, 3.63) is 58.1 Å². The van der Waals surface area contributed by atoms with E-state index in [1.54, 1.807) is 29.6 Å². The van der Waals surface area contributed by atoms with Crippen molar-refractivity contribution in [3.63, 3.8) is 0 Å². The van der Waals surface area contributed by atoms with Crippen LogP contribution in [0.15, 0.2) is 39.8 Å². The van der Waals surface area contributed by atoms with Gasteiger partial charge in [-0.15, -0.1) is 0 Å². The molecule has 1 aliphatic carbocycles. The van der Waals surface area contributed by atoms with Gasteiger partial charge in [-0.1, -0.05) is 30.1 Å². The van der Waals surface area contributed by atoms with Crippen LogP contribution in [0.1, 0.15) is 47.8 Å². The van der Waals surface area contributed by atoms with E-state index in [0.717, 1.165) is 25.7 Å². The van der Waals surface area contributed by atoms with Gasteiger partial charge in [0.1, 0.15) is 16.7 Å². The molecule has 3 heterocycles. The number of aromatic amines is 1. The maximum Gasteiger partial charge on any atom is 0.259 e. The summed E-state index contributed by atoms with van der Waals surface area (Å²) in [4.78, 5) is 32.7. The lowest BCUT2D eigenvalue weighted by molar-refractivity contribution is 0.0893. The minimum atomic E-state index is -0.666. The van der Waals surface area contributed by atoms with Crippen molar-refractivity contribution in [2.45, 2.75) is 38.1 Å². The van der Waals surface area contributed by atoms with E-state index < -0.39 is 5.54 Å². The zero-order valence-corrected chi connectivity index (χ0v) is 15.2. The highest BCUT2D eigenvalue weighted by molar-refractivity contribution is 6.01. The number of aromatic nitrogens is 5. The number of nitrogens with one attached hydrogen (secondary N) is 2. The Kier molecular flexibility index (Phi) is 3.58. The summed E-state index contributed by atoms with van der Waals surface area (Å²) in [7, 11) is 0. The second-order valence-corrected chi connectivity index (χ2v) is 7.17. The number of carbonyl (C=O) groups is 1. The fourth-order valence-electron chi connectivity index (χ4n) is 4.00. The molecule has 1 fully saturated rings. The molecule has 0 aliphatic heterocycles. The van der Waals surface area contributed by atoms with E-state index in [-0.39, 0.29) is 11.5 Å². The molecule has 9 heteroatoms. The Balaban J connectivity index is 1.58. The number of rotatable bonds is 3. The van der Waals surface area contributed by atoms with Gasteiger partial charge in [-0.2, -0.15) is 10.1 Å². The second-order valence-electron chi connectivity index (χ2n) is 7.17. The minimum Gasteiger partial charge on any atom is -0.340 e. The van der Waals surface area contributed by atoms with E-state index in [9.17, 15) is 9.59 Å². The zero-order valence-electron chi connectivity index (χ0n) is 15.2. The van der Waals surface area contributed by atoms with Crippen LogP contribution in [0, 0.1) is 6.92 Å². The van der Waals surface area contributed by atoms with Crippen LogP contribution in [-0.2, 0) is 5.54 Å². The van der Waals surface area contributed by atoms with Crippen LogP contribution in [0.25, 0.3) is 16.6 Å². The number of amides is 1. The third-order valence-electron chi connectivity index (χ3n) is 5.39. The van der Waals surface area contributed by atoms with Crippen LogP contribution in [0.2, 0.25) is 0 Å². The number of para-hydroxylation sites is 1. The summed E-state index contributed by atoms with van der Waals surface area (Å²) in [5.41, 5.74) is 0.375. The van der Waals surface area contributed by atoms with Gasteiger partial charge >= 0.3 is 0 Å². The van der Waals surface area contributed by atoms with E-state index >= 15 is 0 Å². The van der Waals surface area contributed by atoms with Gasteiger partial charge in [0.25, 0.3) is 11.5 Å². The van der Waals surface area contributed by atoms with Gasteiger partial charge in [0.05, 0.1) is 17.1 Å². The SMILES string of the molecule is Cc1nc(C2(NC(=O)c3cnn4c3[nH]c(=O)c3ccccc34)CCCC2)no1. The Labute approximate surface area is 158 Å². The lowest BCUT2D eigenvalue weighted by Gasteiger charge is -2.26.